The molecule has 3 rings (SSSR count). The van der Waals surface area contributed by atoms with Crippen LogP contribution in [0.1, 0.15) is 60.0 Å². The SMILES string of the molecule is CCn1c(Sc2cc(C(C)(C)C)nc(C(C)(C)C)n2)nnc1-c1cccnc1. The summed E-state index contributed by atoms with van der Waals surface area (Å²) in [6.45, 7) is 15.8. The van der Waals surface area contributed by atoms with E-state index in [2.05, 4.69) is 74.3 Å². The van der Waals surface area contributed by atoms with Crippen molar-refractivity contribution in [1.29, 1.82) is 0 Å². The third kappa shape index (κ3) is 4.41. The molecule has 0 saturated carbocycles. The minimum absolute atomic E-state index is 0.0580. The van der Waals surface area contributed by atoms with E-state index in [0.29, 0.717) is 0 Å². The van der Waals surface area contributed by atoms with Gasteiger partial charge in [-0.1, -0.05) is 41.5 Å². The third-order valence-electron chi connectivity index (χ3n) is 4.29. The standard InChI is InChI=1S/C21H28N6S/c1-8-27-17(14-10-9-11-22-13-14)25-26-19(27)28-16-12-15(20(2,3)4)23-18(24-16)21(5,6)7/h9-13H,8H2,1-7H3. The highest BCUT2D eigenvalue weighted by atomic mass is 32.2. The van der Waals surface area contributed by atoms with Crippen LogP contribution in [0.15, 0.2) is 40.8 Å². The first-order chi connectivity index (χ1) is 13.1. The van der Waals surface area contributed by atoms with Gasteiger partial charge in [0.25, 0.3) is 0 Å². The summed E-state index contributed by atoms with van der Waals surface area (Å²) >= 11 is 1.53. The van der Waals surface area contributed by atoms with Crippen molar-refractivity contribution < 1.29 is 0 Å². The number of rotatable bonds is 4. The Labute approximate surface area is 171 Å². The van der Waals surface area contributed by atoms with Gasteiger partial charge < -0.3 is 4.57 Å². The first-order valence-corrected chi connectivity index (χ1v) is 10.3. The largest absolute Gasteiger partial charge is 0.302 e. The van der Waals surface area contributed by atoms with Gasteiger partial charge in [-0.15, -0.1) is 10.2 Å². The fraction of sp³-hybridized carbons (Fsp3) is 0.476. The van der Waals surface area contributed by atoms with Crippen LogP contribution in [0.5, 0.6) is 0 Å². The molecule has 148 valence electrons. The molecule has 28 heavy (non-hydrogen) atoms. The van der Waals surface area contributed by atoms with Gasteiger partial charge in [0.05, 0.1) is 5.69 Å². The predicted molar refractivity (Wildman–Crippen MR) is 112 cm³/mol. The molecule has 0 aromatic carbocycles. The van der Waals surface area contributed by atoms with E-state index in [1.54, 1.807) is 6.20 Å². The second kappa shape index (κ2) is 7.62. The van der Waals surface area contributed by atoms with E-state index in [-0.39, 0.29) is 10.8 Å². The van der Waals surface area contributed by atoms with Crippen molar-refractivity contribution in [1.82, 2.24) is 29.7 Å². The van der Waals surface area contributed by atoms with Crippen molar-refractivity contribution in [2.24, 2.45) is 0 Å². The van der Waals surface area contributed by atoms with Crippen molar-refractivity contribution in [3.63, 3.8) is 0 Å². The van der Waals surface area contributed by atoms with E-state index in [4.69, 9.17) is 9.97 Å². The van der Waals surface area contributed by atoms with E-state index in [0.717, 1.165) is 39.6 Å². The minimum atomic E-state index is -0.129. The maximum Gasteiger partial charge on any atom is 0.197 e. The summed E-state index contributed by atoms with van der Waals surface area (Å²) in [5.74, 6) is 1.66. The van der Waals surface area contributed by atoms with E-state index < -0.39 is 0 Å². The number of hydrogen-bond donors (Lipinski definition) is 0. The first kappa shape index (κ1) is 20.5. The molecule has 0 saturated heterocycles. The van der Waals surface area contributed by atoms with E-state index in [1.807, 2.05) is 18.3 Å². The van der Waals surface area contributed by atoms with Crippen LogP contribution in [0, 0.1) is 0 Å². The number of hydrogen-bond acceptors (Lipinski definition) is 6. The lowest BCUT2D eigenvalue weighted by Gasteiger charge is -2.23. The fourth-order valence-corrected chi connectivity index (χ4v) is 3.55. The first-order valence-electron chi connectivity index (χ1n) is 9.51. The van der Waals surface area contributed by atoms with Crippen molar-refractivity contribution in [3.8, 4) is 11.4 Å². The van der Waals surface area contributed by atoms with Crippen LogP contribution in [0.4, 0.5) is 0 Å². The zero-order valence-electron chi connectivity index (χ0n) is 17.7. The molecular formula is C21H28N6S. The average Bonchev–Trinajstić information content (AvgIpc) is 3.03. The van der Waals surface area contributed by atoms with Crippen molar-refractivity contribution >= 4 is 11.8 Å². The molecule has 0 amide bonds. The zero-order chi connectivity index (χ0) is 20.5. The van der Waals surface area contributed by atoms with E-state index in [1.165, 1.54) is 11.8 Å². The van der Waals surface area contributed by atoms with Crippen molar-refractivity contribution in [2.45, 2.75) is 76.0 Å². The Morgan fingerprint density at radius 1 is 1.00 bits per heavy atom. The molecule has 3 aromatic heterocycles. The molecule has 3 aromatic rings. The molecule has 0 unspecified atom stereocenters. The van der Waals surface area contributed by atoms with Crippen LogP contribution < -0.4 is 0 Å². The number of aromatic nitrogens is 6. The Morgan fingerprint density at radius 2 is 1.75 bits per heavy atom. The maximum atomic E-state index is 4.84. The minimum Gasteiger partial charge on any atom is -0.302 e. The van der Waals surface area contributed by atoms with Crippen LogP contribution in [0.3, 0.4) is 0 Å². The predicted octanol–water partition coefficient (Wildman–Crippen LogP) is 4.90. The van der Waals surface area contributed by atoms with Gasteiger partial charge in [0.15, 0.2) is 11.0 Å². The molecule has 7 heteroatoms. The quantitative estimate of drug-likeness (QED) is 0.585. The lowest BCUT2D eigenvalue weighted by Crippen LogP contribution is -2.22. The van der Waals surface area contributed by atoms with Gasteiger partial charge in [-0.2, -0.15) is 0 Å². The number of nitrogens with zero attached hydrogens (tertiary/aromatic N) is 6. The highest BCUT2D eigenvalue weighted by molar-refractivity contribution is 7.99. The normalized spacial score (nSPS) is 12.4. The van der Waals surface area contributed by atoms with E-state index >= 15 is 0 Å². The summed E-state index contributed by atoms with van der Waals surface area (Å²) in [4.78, 5) is 13.9. The molecule has 0 bridgehead atoms. The third-order valence-corrected chi connectivity index (χ3v) is 5.19. The lowest BCUT2D eigenvalue weighted by atomic mass is 9.90. The second-order valence-corrected chi connectivity index (χ2v) is 9.80. The number of pyridine rings is 1. The van der Waals surface area contributed by atoms with Crippen LogP contribution >= 0.6 is 11.8 Å². The summed E-state index contributed by atoms with van der Waals surface area (Å²) in [7, 11) is 0. The summed E-state index contributed by atoms with van der Waals surface area (Å²) in [5.41, 5.74) is 1.80. The summed E-state index contributed by atoms with van der Waals surface area (Å²) in [6.07, 6.45) is 3.57. The van der Waals surface area contributed by atoms with Crippen LogP contribution in [-0.2, 0) is 17.4 Å². The Balaban J connectivity index is 2.03. The zero-order valence-corrected chi connectivity index (χ0v) is 18.5. The van der Waals surface area contributed by atoms with Gasteiger partial charge >= 0.3 is 0 Å². The van der Waals surface area contributed by atoms with Gasteiger partial charge in [-0.3, -0.25) is 4.98 Å². The summed E-state index contributed by atoms with van der Waals surface area (Å²) < 4.78 is 2.09. The average molecular weight is 397 g/mol. The van der Waals surface area contributed by atoms with Gasteiger partial charge in [0, 0.05) is 35.3 Å². The highest BCUT2D eigenvalue weighted by Crippen LogP contribution is 2.32. The molecular weight excluding hydrogens is 368 g/mol. The Morgan fingerprint density at radius 3 is 2.32 bits per heavy atom. The van der Waals surface area contributed by atoms with Crippen molar-refractivity contribution in [3.05, 3.63) is 42.1 Å². The molecule has 3 heterocycles. The molecule has 6 nitrogen and oxygen atoms in total. The molecule has 0 fully saturated rings. The maximum absolute atomic E-state index is 4.84. The molecule has 0 radical (unpaired) electrons. The van der Waals surface area contributed by atoms with Crippen LogP contribution in [0.25, 0.3) is 11.4 Å². The smallest absolute Gasteiger partial charge is 0.197 e. The molecule has 0 aliphatic heterocycles. The Kier molecular flexibility index (Phi) is 5.57. The molecule has 0 spiro atoms. The van der Waals surface area contributed by atoms with Gasteiger partial charge in [-0.25, -0.2) is 9.97 Å². The van der Waals surface area contributed by atoms with Crippen LogP contribution in [0.2, 0.25) is 0 Å². The Hall–Kier alpha value is -2.28. The molecule has 0 aliphatic carbocycles. The fourth-order valence-electron chi connectivity index (χ4n) is 2.65. The second-order valence-electron chi connectivity index (χ2n) is 8.81. The molecule has 0 aliphatic rings. The highest BCUT2D eigenvalue weighted by Gasteiger charge is 2.25. The summed E-state index contributed by atoms with van der Waals surface area (Å²) in [6, 6.07) is 5.97. The van der Waals surface area contributed by atoms with Gasteiger partial charge in [0.2, 0.25) is 0 Å². The van der Waals surface area contributed by atoms with Crippen LogP contribution in [-0.4, -0.2) is 29.7 Å². The topological polar surface area (TPSA) is 69.4 Å². The lowest BCUT2D eigenvalue weighted by molar-refractivity contribution is 0.505. The van der Waals surface area contributed by atoms with E-state index in [9.17, 15) is 0 Å². The van der Waals surface area contributed by atoms with Gasteiger partial charge in [0.1, 0.15) is 10.9 Å². The molecule has 0 atom stereocenters. The van der Waals surface area contributed by atoms with Gasteiger partial charge in [-0.05, 0) is 36.9 Å². The monoisotopic (exact) mass is 396 g/mol. The molecule has 0 N–H and O–H groups in total. The summed E-state index contributed by atoms with van der Waals surface area (Å²) in [5, 5.41) is 10.5. The Bertz CT molecular complexity index is 919. The van der Waals surface area contributed by atoms with Crippen molar-refractivity contribution in [2.75, 3.05) is 0 Å².